The van der Waals surface area contributed by atoms with Gasteiger partial charge in [-0.3, -0.25) is 9.59 Å². The van der Waals surface area contributed by atoms with Crippen molar-refractivity contribution in [3.63, 3.8) is 0 Å². The lowest BCUT2D eigenvalue weighted by Gasteiger charge is -2.10. The monoisotopic (exact) mass is 396 g/mol. The fraction of sp³-hybridized carbons (Fsp3) is 0.222. The average Bonchev–Trinajstić information content (AvgIpc) is 3.41. The van der Waals surface area contributed by atoms with Crippen LogP contribution < -0.4 is 10.6 Å². The van der Waals surface area contributed by atoms with Gasteiger partial charge in [-0.05, 0) is 49.2 Å². The molecule has 0 radical (unpaired) electrons. The minimum absolute atomic E-state index is 0.0112. The molecule has 0 heterocycles. The van der Waals surface area contributed by atoms with Crippen LogP contribution in [0.2, 0.25) is 5.02 Å². The smallest absolute Gasteiger partial charge is 0.253 e. The van der Waals surface area contributed by atoms with E-state index in [0.717, 1.165) is 36.7 Å². The number of carbonyl (C=O) groups excluding carboxylic acids is 2. The molecular formula is C18H15ClF2N2O2S. The van der Waals surface area contributed by atoms with E-state index >= 15 is 0 Å². The van der Waals surface area contributed by atoms with Gasteiger partial charge in [0, 0.05) is 16.6 Å². The summed E-state index contributed by atoms with van der Waals surface area (Å²) in [5.74, 6) is -2.49. The molecule has 0 atom stereocenters. The second-order valence-corrected chi connectivity index (χ2v) is 7.31. The fourth-order valence-electron chi connectivity index (χ4n) is 2.18. The maximum Gasteiger partial charge on any atom is 0.253 e. The third-order valence-corrected chi connectivity index (χ3v) is 4.99. The summed E-state index contributed by atoms with van der Waals surface area (Å²) in [5.41, 5.74) is 0.732. The number of hydrogen-bond donors (Lipinski definition) is 2. The molecule has 4 nitrogen and oxygen atoms in total. The average molecular weight is 397 g/mol. The van der Waals surface area contributed by atoms with Gasteiger partial charge in [0.2, 0.25) is 5.91 Å². The normalized spacial score (nSPS) is 13.3. The van der Waals surface area contributed by atoms with Crippen molar-refractivity contribution in [2.75, 3.05) is 11.1 Å². The maximum absolute atomic E-state index is 13.2. The molecule has 0 saturated heterocycles. The Labute approximate surface area is 158 Å². The van der Waals surface area contributed by atoms with Crippen LogP contribution in [0.15, 0.2) is 41.3 Å². The van der Waals surface area contributed by atoms with E-state index in [1.165, 1.54) is 12.1 Å². The maximum atomic E-state index is 13.2. The summed E-state index contributed by atoms with van der Waals surface area (Å²) < 4.78 is 26.1. The van der Waals surface area contributed by atoms with Gasteiger partial charge < -0.3 is 10.6 Å². The fourth-order valence-corrected chi connectivity index (χ4v) is 3.10. The van der Waals surface area contributed by atoms with Crippen LogP contribution in [0, 0.1) is 11.6 Å². The van der Waals surface area contributed by atoms with Crippen molar-refractivity contribution in [1.82, 2.24) is 5.32 Å². The molecule has 1 aliphatic carbocycles. The highest BCUT2D eigenvalue weighted by molar-refractivity contribution is 8.00. The van der Waals surface area contributed by atoms with Crippen molar-refractivity contribution in [2.24, 2.45) is 0 Å². The van der Waals surface area contributed by atoms with Gasteiger partial charge in [0.05, 0.1) is 16.3 Å². The lowest BCUT2D eigenvalue weighted by atomic mass is 10.2. The molecule has 26 heavy (non-hydrogen) atoms. The van der Waals surface area contributed by atoms with Crippen molar-refractivity contribution in [3.8, 4) is 0 Å². The molecule has 2 amide bonds. The predicted octanol–water partition coefficient (Wildman–Crippen LogP) is 4.24. The zero-order valence-electron chi connectivity index (χ0n) is 13.5. The number of hydrogen-bond acceptors (Lipinski definition) is 3. The number of rotatable bonds is 6. The molecule has 0 unspecified atom stereocenters. The summed E-state index contributed by atoms with van der Waals surface area (Å²) in [6.07, 6.45) is 1.92. The standard InChI is InChI=1S/C18H15ClF2N2O2S/c19-14-5-3-11(7-13(14)18(25)23-10-1-2-10)22-17(24)9-26-12-4-6-15(20)16(21)8-12/h3-8,10H,1-2,9H2,(H,22,24)(H,23,25). The van der Waals surface area contributed by atoms with E-state index in [2.05, 4.69) is 10.6 Å². The van der Waals surface area contributed by atoms with Gasteiger partial charge in [0.15, 0.2) is 11.6 Å². The van der Waals surface area contributed by atoms with E-state index < -0.39 is 11.6 Å². The molecule has 8 heteroatoms. The van der Waals surface area contributed by atoms with Crippen molar-refractivity contribution in [1.29, 1.82) is 0 Å². The van der Waals surface area contributed by atoms with Gasteiger partial charge in [-0.25, -0.2) is 8.78 Å². The number of anilines is 1. The molecule has 0 spiro atoms. The molecule has 3 rings (SSSR count). The first kappa shape index (κ1) is 18.7. The Hall–Kier alpha value is -2.12. The largest absolute Gasteiger partial charge is 0.349 e. The van der Waals surface area contributed by atoms with Crippen LogP contribution in [0.5, 0.6) is 0 Å². The molecule has 1 fully saturated rings. The van der Waals surface area contributed by atoms with Crippen LogP contribution in [0.1, 0.15) is 23.2 Å². The molecule has 0 bridgehead atoms. The summed E-state index contributed by atoms with van der Waals surface area (Å²) in [6, 6.07) is 8.30. The highest BCUT2D eigenvalue weighted by Gasteiger charge is 2.24. The molecular weight excluding hydrogens is 382 g/mol. The van der Waals surface area contributed by atoms with Gasteiger partial charge >= 0.3 is 0 Å². The third kappa shape index (κ3) is 4.95. The van der Waals surface area contributed by atoms with Crippen molar-refractivity contribution < 1.29 is 18.4 Å². The Balaban J connectivity index is 1.59. The molecule has 1 aliphatic rings. The summed E-state index contributed by atoms with van der Waals surface area (Å²) in [7, 11) is 0. The molecule has 2 N–H and O–H groups in total. The van der Waals surface area contributed by atoms with Crippen LogP contribution in [0.25, 0.3) is 0 Å². The lowest BCUT2D eigenvalue weighted by Crippen LogP contribution is -2.26. The first-order chi connectivity index (χ1) is 12.4. The van der Waals surface area contributed by atoms with Crippen LogP contribution in [-0.4, -0.2) is 23.6 Å². The molecule has 2 aromatic carbocycles. The van der Waals surface area contributed by atoms with Crippen molar-refractivity contribution in [2.45, 2.75) is 23.8 Å². The van der Waals surface area contributed by atoms with Crippen LogP contribution in [-0.2, 0) is 4.79 Å². The van der Waals surface area contributed by atoms with Gasteiger partial charge in [-0.15, -0.1) is 11.8 Å². The molecule has 0 aliphatic heterocycles. The summed E-state index contributed by atoms with van der Waals surface area (Å²) in [4.78, 5) is 24.6. The first-order valence-electron chi connectivity index (χ1n) is 7.90. The van der Waals surface area contributed by atoms with Gasteiger partial charge in [0.1, 0.15) is 0 Å². The quantitative estimate of drug-likeness (QED) is 0.718. The SMILES string of the molecule is O=C(CSc1ccc(F)c(F)c1)Nc1ccc(Cl)c(C(=O)NC2CC2)c1. The highest BCUT2D eigenvalue weighted by atomic mass is 35.5. The number of thioether (sulfide) groups is 1. The molecule has 0 aromatic heterocycles. The van der Waals surface area contributed by atoms with E-state index in [9.17, 15) is 18.4 Å². The number of benzene rings is 2. The minimum atomic E-state index is -0.959. The van der Waals surface area contributed by atoms with E-state index in [1.807, 2.05) is 0 Å². The Morgan fingerprint density at radius 2 is 1.88 bits per heavy atom. The van der Waals surface area contributed by atoms with Crippen molar-refractivity contribution >= 4 is 40.9 Å². The topological polar surface area (TPSA) is 58.2 Å². The molecule has 136 valence electrons. The number of amides is 2. The first-order valence-corrected chi connectivity index (χ1v) is 9.27. The van der Waals surface area contributed by atoms with Gasteiger partial charge in [-0.2, -0.15) is 0 Å². The van der Waals surface area contributed by atoms with E-state index in [1.54, 1.807) is 12.1 Å². The Kier molecular flexibility index (Phi) is 5.78. The second-order valence-electron chi connectivity index (χ2n) is 5.86. The zero-order chi connectivity index (χ0) is 18.7. The Morgan fingerprint density at radius 3 is 2.58 bits per heavy atom. The number of carbonyl (C=O) groups is 2. The lowest BCUT2D eigenvalue weighted by molar-refractivity contribution is -0.113. The number of halogens is 3. The van der Waals surface area contributed by atoms with Gasteiger partial charge in [0.25, 0.3) is 5.91 Å². The summed E-state index contributed by atoms with van der Waals surface area (Å²) in [6.45, 7) is 0. The predicted molar refractivity (Wildman–Crippen MR) is 97.7 cm³/mol. The Bertz CT molecular complexity index is 859. The molecule has 2 aromatic rings. The number of nitrogens with one attached hydrogen (secondary N) is 2. The van der Waals surface area contributed by atoms with Crippen molar-refractivity contribution in [3.05, 3.63) is 58.6 Å². The highest BCUT2D eigenvalue weighted by Crippen LogP contribution is 2.25. The van der Waals surface area contributed by atoms with Crippen LogP contribution in [0.3, 0.4) is 0 Å². The Morgan fingerprint density at radius 1 is 1.12 bits per heavy atom. The van der Waals surface area contributed by atoms with Crippen LogP contribution in [0.4, 0.5) is 14.5 Å². The zero-order valence-corrected chi connectivity index (χ0v) is 15.1. The summed E-state index contributed by atoms with van der Waals surface area (Å²) >= 11 is 7.13. The third-order valence-electron chi connectivity index (χ3n) is 3.67. The van der Waals surface area contributed by atoms with E-state index in [4.69, 9.17) is 11.6 Å². The second kappa shape index (κ2) is 8.05. The van der Waals surface area contributed by atoms with E-state index in [0.29, 0.717) is 21.2 Å². The van der Waals surface area contributed by atoms with E-state index in [-0.39, 0.29) is 23.6 Å². The molecule has 1 saturated carbocycles. The van der Waals surface area contributed by atoms with Crippen LogP contribution >= 0.6 is 23.4 Å². The summed E-state index contributed by atoms with van der Waals surface area (Å²) in [5, 5.41) is 5.81. The minimum Gasteiger partial charge on any atom is -0.349 e. The van der Waals surface area contributed by atoms with Gasteiger partial charge in [-0.1, -0.05) is 11.6 Å².